The second-order valence-electron chi connectivity index (χ2n) is 6.71. The second-order valence-corrected chi connectivity index (χ2v) is 8.54. The number of amides is 2. The van der Waals surface area contributed by atoms with E-state index in [4.69, 9.17) is 23.2 Å². The lowest BCUT2D eigenvalue weighted by Crippen LogP contribution is -2.51. The highest BCUT2D eigenvalue weighted by Crippen LogP contribution is 2.24. The summed E-state index contributed by atoms with van der Waals surface area (Å²) >= 11 is 13.5. The molecule has 29 heavy (non-hydrogen) atoms. The third-order valence-electron chi connectivity index (χ3n) is 4.70. The van der Waals surface area contributed by atoms with Crippen molar-refractivity contribution in [1.29, 1.82) is 0 Å². The summed E-state index contributed by atoms with van der Waals surface area (Å²) in [4.78, 5) is 28.5. The lowest BCUT2D eigenvalue weighted by Gasteiger charge is -2.36. The van der Waals surface area contributed by atoms with Crippen LogP contribution in [0.3, 0.4) is 0 Å². The number of rotatable bonds is 7. The minimum absolute atomic E-state index is 0.0342. The Labute approximate surface area is 185 Å². The fourth-order valence-corrected chi connectivity index (χ4v) is 4.50. The lowest BCUT2D eigenvalue weighted by atomic mass is 10.2. The van der Waals surface area contributed by atoms with Crippen molar-refractivity contribution in [2.24, 2.45) is 0 Å². The Morgan fingerprint density at radius 3 is 2.41 bits per heavy atom. The van der Waals surface area contributed by atoms with Gasteiger partial charge in [0.2, 0.25) is 11.8 Å². The van der Waals surface area contributed by atoms with Gasteiger partial charge in [0, 0.05) is 47.7 Å². The van der Waals surface area contributed by atoms with Crippen molar-refractivity contribution in [3.63, 3.8) is 0 Å². The SMILES string of the molecule is O=C(CSCc1ccc(Cl)cc1Cl)NCC(=O)N1CCN(c2ccccc2)CC1. The summed E-state index contributed by atoms with van der Waals surface area (Å²) in [5.74, 6) is 0.681. The van der Waals surface area contributed by atoms with Gasteiger partial charge in [0.15, 0.2) is 0 Å². The summed E-state index contributed by atoms with van der Waals surface area (Å²) in [6.07, 6.45) is 0. The van der Waals surface area contributed by atoms with Gasteiger partial charge in [-0.2, -0.15) is 0 Å². The molecule has 2 aromatic carbocycles. The first-order valence-electron chi connectivity index (χ1n) is 9.39. The molecule has 0 atom stereocenters. The maximum atomic E-state index is 12.4. The smallest absolute Gasteiger partial charge is 0.242 e. The van der Waals surface area contributed by atoms with Crippen molar-refractivity contribution >= 4 is 52.5 Å². The molecule has 154 valence electrons. The number of carbonyl (C=O) groups excluding carboxylic acids is 2. The van der Waals surface area contributed by atoms with E-state index in [2.05, 4.69) is 22.3 Å². The molecule has 0 radical (unpaired) electrons. The Bertz CT molecular complexity index is 843. The van der Waals surface area contributed by atoms with Gasteiger partial charge >= 0.3 is 0 Å². The van der Waals surface area contributed by atoms with E-state index in [0.717, 1.165) is 18.7 Å². The van der Waals surface area contributed by atoms with Crippen LogP contribution in [0.4, 0.5) is 5.69 Å². The standard InChI is InChI=1S/C21H23Cl2N3O2S/c22-17-7-6-16(19(23)12-17)14-29-15-20(27)24-13-21(28)26-10-8-25(9-11-26)18-4-2-1-3-5-18/h1-7,12H,8-11,13-15H2,(H,24,27). The average Bonchev–Trinajstić information content (AvgIpc) is 2.74. The molecule has 0 bridgehead atoms. The Morgan fingerprint density at radius 1 is 1.00 bits per heavy atom. The topological polar surface area (TPSA) is 52.7 Å². The van der Waals surface area contributed by atoms with E-state index in [1.807, 2.05) is 24.3 Å². The molecule has 1 fully saturated rings. The van der Waals surface area contributed by atoms with Gasteiger partial charge in [0.25, 0.3) is 0 Å². The molecule has 1 aliphatic heterocycles. The molecule has 0 saturated carbocycles. The predicted molar refractivity (Wildman–Crippen MR) is 121 cm³/mol. The fraction of sp³-hybridized carbons (Fsp3) is 0.333. The number of anilines is 1. The normalized spacial score (nSPS) is 14.0. The number of piperazine rings is 1. The van der Waals surface area contributed by atoms with Crippen LogP contribution in [0.5, 0.6) is 0 Å². The van der Waals surface area contributed by atoms with E-state index in [9.17, 15) is 9.59 Å². The molecule has 0 aliphatic carbocycles. The Balaban J connectivity index is 1.34. The Kier molecular flexibility index (Phi) is 8.09. The highest BCUT2D eigenvalue weighted by atomic mass is 35.5. The van der Waals surface area contributed by atoms with Crippen LogP contribution in [0.15, 0.2) is 48.5 Å². The monoisotopic (exact) mass is 451 g/mol. The third-order valence-corrected chi connectivity index (χ3v) is 6.26. The van der Waals surface area contributed by atoms with Crippen LogP contribution >= 0.6 is 35.0 Å². The van der Waals surface area contributed by atoms with Gasteiger partial charge < -0.3 is 15.1 Å². The third kappa shape index (κ3) is 6.56. The lowest BCUT2D eigenvalue weighted by molar-refractivity contribution is -0.132. The van der Waals surface area contributed by atoms with E-state index in [-0.39, 0.29) is 24.1 Å². The quantitative estimate of drug-likeness (QED) is 0.697. The summed E-state index contributed by atoms with van der Waals surface area (Å²) in [6.45, 7) is 2.94. The van der Waals surface area contributed by atoms with Gasteiger partial charge in [0.1, 0.15) is 0 Å². The van der Waals surface area contributed by atoms with Crippen LogP contribution in [0.1, 0.15) is 5.56 Å². The van der Waals surface area contributed by atoms with E-state index >= 15 is 0 Å². The van der Waals surface area contributed by atoms with Crippen molar-refractivity contribution < 1.29 is 9.59 Å². The zero-order valence-corrected chi connectivity index (χ0v) is 18.3. The van der Waals surface area contributed by atoms with Gasteiger partial charge in [-0.1, -0.05) is 47.5 Å². The molecular weight excluding hydrogens is 429 g/mol. The number of halogens is 2. The molecule has 0 aromatic heterocycles. The average molecular weight is 452 g/mol. The van der Waals surface area contributed by atoms with Crippen LogP contribution in [-0.2, 0) is 15.3 Å². The molecule has 1 aliphatic rings. The maximum Gasteiger partial charge on any atom is 0.242 e. The first-order valence-corrected chi connectivity index (χ1v) is 11.3. The first kappa shape index (κ1) is 21.8. The zero-order valence-electron chi connectivity index (χ0n) is 15.9. The minimum Gasteiger partial charge on any atom is -0.368 e. The second kappa shape index (κ2) is 10.8. The summed E-state index contributed by atoms with van der Waals surface area (Å²) < 4.78 is 0. The summed E-state index contributed by atoms with van der Waals surface area (Å²) in [7, 11) is 0. The highest BCUT2D eigenvalue weighted by Gasteiger charge is 2.21. The molecule has 2 amide bonds. The number of hydrogen-bond donors (Lipinski definition) is 1. The Morgan fingerprint density at radius 2 is 1.72 bits per heavy atom. The van der Waals surface area contributed by atoms with E-state index < -0.39 is 0 Å². The van der Waals surface area contributed by atoms with Crippen LogP contribution in [0.2, 0.25) is 10.0 Å². The number of nitrogens with zero attached hydrogens (tertiary/aromatic N) is 2. The number of thioether (sulfide) groups is 1. The number of para-hydroxylation sites is 1. The van der Waals surface area contributed by atoms with Crippen LogP contribution < -0.4 is 10.2 Å². The summed E-state index contributed by atoms with van der Waals surface area (Å²) in [6, 6.07) is 15.5. The summed E-state index contributed by atoms with van der Waals surface area (Å²) in [5.41, 5.74) is 2.10. The number of carbonyl (C=O) groups is 2. The molecule has 3 rings (SSSR count). The van der Waals surface area contributed by atoms with Gasteiger partial charge in [-0.25, -0.2) is 0 Å². The van der Waals surface area contributed by atoms with Crippen LogP contribution in [0, 0.1) is 0 Å². The molecule has 0 spiro atoms. The van der Waals surface area contributed by atoms with Crippen LogP contribution in [-0.4, -0.2) is 55.2 Å². The van der Waals surface area contributed by atoms with Gasteiger partial charge in [-0.05, 0) is 29.8 Å². The van der Waals surface area contributed by atoms with Gasteiger partial charge in [0.05, 0.1) is 12.3 Å². The fourth-order valence-electron chi connectivity index (χ4n) is 3.08. The van der Waals surface area contributed by atoms with Gasteiger partial charge in [-0.3, -0.25) is 9.59 Å². The maximum absolute atomic E-state index is 12.4. The molecule has 2 aromatic rings. The van der Waals surface area contributed by atoms with E-state index in [0.29, 0.717) is 28.9 Å². The number of nitrogens with one attached hydrogen (secondary N) is 1. The number of hydrogen-bond acceptors (Lipinski definition) is 4. The van der Waals surface area contributed by atoms with E-state index in [1.54, 1.807) is 17.0 Å². The zero-order chi connectivity index (χ0) is 20.6. The van der Waals surface area contributed by atoms with Crippen molar-refractivity contribution in [3.8, 4) is 0 Å². The molecule has 1 N–H and O–H groups in total. The molecule has 8 heteroatoms. The highest BCUT2D eigenvalue weighted by molar-refractivity contribution is 7.99. The van der Waals surface area contributed by atoms with Crippen molar-refractivity contribution in [2.45, 2.75) is 5.75 Å². The van der Waals surface area contributed by atoms with E-state index in [1.165, 1.54) is 17.4 Å². The summed E-state index contributed by atoms with van der Waals surface area (Å²) in [5, 5.41) is 3.89. The Hall–Kier alpha value is -1.89. The minimum atomic E-state index is -0.156. The van der Waals surface area contributed by atoms with Crippen molar-refractivity contribution in [3.05, 3.63) is 64.1 Å². The largest absolute Gasteiger partial charge is 0.368 e. The van der Waals surface area contributed by atoms with Gasteiger partial charge in [-0.15, -0.1) is 11.8 Å². The molecule has 1 heterocycles. The predicted octanol–water partition coefficient (Wildman–Crippen LogP) is 3.69. The van der Waals surface area contributed by atoms with Crippen molar-refractivity contribution in [1.82, 2.24) is 10.2 Å². The molecule has 5 nitrogen and oxygen atoms in total. The first-order chi connectivity index (χ1) is 14.0. The molecule has 0 unspecified atom stereocenters. The molecular formula is C21H23Cl2N3O2S. The van der Waals surface area contributed by atoms with Crippen LogP contribution in [0.25, 0.3) is 0 Å². The number of benzene rings is 2. The van der Waals surface area contributed by atoms with Crippen molar-refractivity contribution in [2.75, 3.05) is 43.4 Å². The molecule has 1 saturated heterocycles.